The predicted octanol–water partition coefficient (Wildman–Crippen LogP) is 2.32. The fourth-order valence-corrected chi connectivity index (χ4v) is 2.90. The zero-order chi connectivity index (χ0) is 15.9. The fraction of sp³-hybridized carbons (Fsp3) is 0.467. The number of tetrazole rings is 1. The van der Waals surface area contributed by atoms with E-state index < -0.39 is 0 Å². The average molecular weight is 319 g/mol. The van der Waals surface area contributed by atoms with Gasteiger partial charge in [0.2, 0.25) is 11.1 Å². The minimum Gasteiger partial charge on any atom is -0.343 e. The Hall–Kier alpha value is -1.89. The molecule has 1 aromatic heterocycles. The first-order chi connectivity index (χ1) is 10.7. The van der Waals surface area contributed by atoms with Crippen LogP contribution in [0.4, 0.5) is 0 Å². The molecule has 0 N–H and O–H groups in total. The molecule has 0 saturated heterocycles. The third kappa shape index (κ3) is 4.07. The van der Waals surface area contributed by atoms with E-state index in [0.29, 0.717) is 17.3 Å². The van der Waals surface area contributed by atoms with Crippen molar-refractivity contribution in [3.05, 3.63) is 29.8 Å². The van der Waals surface area contributed by atoms with E-state index in [0.717, 1.165) is 18.8 Å². The van der Waals surface area contributed by atoms with E-state index in [9.17, 15) is 4.79 Å². The second-order valence-electron chi connectivity index (χ2n) is 4.87. The Balaban J connectivity index is 1.96. The molecule has 7 heteroatoms. The Morgan fingerprint density at radius 2 is 1.91 bits per heavy atom. The van der Waals surface area contributed by atoms with E-state index in [1.165, 1.54) is 17.3 Å². The number of hydrogen-bond donors (Lipinski definition) is 0. The molecule has 0 aliphatic rings. The molecule has 0 bridgehead atoms. The van der Waals surface area contributed by atoms with Gasteiger partial charge in [0.25, 0.3) is 0 Å². The molecule has 0 aliphatic heterocycles. The van der Waals surface area contributed by atoms with Crippen LogP contribution in [0.5, 0.6) is 0 Å². The lowest BCUT2D eigenvalue weighted by Gasteiger charge is -2.18. The van der Waals surface area contributed by atoms with Crippen molar-refractivity contribution >= 4 is 17.7 Å². The summed E-state index contributed by atoms with van der Waals surface area (Å²) in [5.74, 6) is 0.841. The van der Waals surface area contributed by atoms with E-state index >= 15 is 0 Å². The maximum Gasteiger partial charge on any atom is 0.223 e. The molecule has 2 rings (SSSR count). The average Bonchev–Trinajstić information content (AvgIpc) is 2.98. The van der Waals surface area contributed by atoms with Gasteiger partial charge in [-0.25, -0.2) is 0 Å². The van der Waals surface area contributed by atoms with Crippen LogP contribution in [-0.4, -0.2) is 49.9 Å². The van der Waals surface area contributed by atoms with E-state index in [-0.39, 0.29) is 5.91 Å². The van der Waals surface area contributed by atoms with Crippen molar-refractivity contribution in [3.63, 3.8) is 0 Å². The molecule has 0 radical (unpaired) electrons. The minimum absolute atomic E-state index is 0.173. The third-order valence-electron chi connectivity index (χ3n) is 3.38. The summed E-state index contributed by atoms with van der Waals surface area (Å²) in [6, 6.07) is 8.01. The Kier molecular flexibility index (Phi) is 5.94. The summed E-state index contributed by atoms with van der Waals surface area (Å²) in [6.45, 7) is 7.53. The largest absolute Gasteiger partial charge is 0.343 e. The normalized spacial score (nSPS) is 10.7. The summed E-state index contributed by atoms with van der Waals surface area (Å²) in [7, 11) is 0. The van der Waals surface area contributed by atoms with Crippen LogP contribution in [0.15, 0.2) is 29.4 Å². The first-order valence-corrected chi connectivity index (χ1v) is 8.40. The van der Waals surface area contributed by atoms with Crippen molar-refractivity contribution in [3.8, 4) is 5.69 Å². The maximum atomic E-state index is 12.0. The van der Waals surface area contributed by atoms with Gasteiger partial charge in [0.1, 0.15) is 0 Å². The molecule has 22 heavy (non-hydrogen) atoms. The van der Waals surface area contributed by atoms with Crippen LogP contribution < -0.4 is 0 Å². The van der Waals surface area contributed by atoms with Crippen molar-refractivity contribution in [1.29, 1.82) is 0 Å². The van der Waals surface area contributed by atoms with Crippen molar-refractivity contribution in [2.24, 2.45) is 0 Å². The molecule has 0 atom stereocenters. The summed E-state index contributed by atoms with van der Waals surface area (Å²) in [5.41, 5.74) is 2.11. The van der Waals surface area contributed by atoms with Crippen molar-refractivity contribution in [2.45, 2.75) is 32.3 Å². The number of carbonyl (C=O) groups is 1. The molecule has 2 aromatic rings. The maximum absolute atomic E-state index is 12.0. The SMILES string of the molecule is CCN(CC)C(=O)CCSc1nnnn1-c1ccc(C)cc1. The molecule has 1 amide bonds. The van der Waals surface area contributed by atoms with Gasteiger partial charge in [-0.2, -0.15) is 4.68 Å². The second-order valence-corrected chi connectivity index (χ2v) is 5.94. The van der Waals surface area contributed by atoms with Gasteiger partial charge < -0.3 is 4.90 Å². The van der Waals surface area contributed by atoms with Crippen LogP contribution in [0.3, 0.4) is 0 Å². The summed E-state index contributed by atoms with van der Waals surface area (Å²) in [5, 5.41) is 12.5. The first-order valence-electron chi connectivity index (χ1n) is 7.41. The zero-order valence-corrected chi connectivity index (χ0v) is 14.0. The van der Waals surface area contributed by atoms with Crippen LogP contribution >= 0.6 is 11.8 Å². The van der Waals surface area contributed by atoms with Crippen molar-refractivity contribution in [1.82, 2.24) is 25.1 Å². The summed E-state index contributed by atoms with van der Waals surface area (Å²) >= 11 is 1.50. The number of thioether (sulfide) groups is 1. The van der Waals surface area contributed by atoms with Gasteiger partial charge in [-0.05, 0) is 43.3 Å². The fourth-order valence-electron chi connectivity index (χ4n) is 2.08. The topological polar surface area (TPSA) is 63.9 Å². The molecule has 0 spiro atoms. The van der Waals surface area contributed by atoms with E-state index in [1.807, 2.05) is 49.9 Å². The van der Waals surface area contributed by atoms with Crippen molar-refractivity contribution < 1.29 is 4.79 Å². The van der Waals surface area contributed by atoms with Crippen molar-refractivity contribution in [2.75, 3.05) is 18.8 Å². The number of benzene rings is 1. The Labute approximate surface area is 134 Å². The smallest absolute Gasteiger partial charge is 0.223 e. The van der Waals surface area contributed by atoms with Crippen LogP contribution in [0.2, 0.25) is 0 Å². The molecular formula is C15H21N5OS. The number of aryl methyl sites for hydroxylation is 1. The lowest BCUT2D eigenvalue weighted by molar-refractivity contribution is -0.130. The molecular weight excluding hydrogens is 298 g/mol. The monoisotopic (exact) mass is 319 g/mol. The molecule has 0 aliphatic carbocycles. The Bertz CT molecular complexity index is 607. The molecule has 0 saturated carbocycles. The van der Waals surface area contributed by atoms with Gasteiger partial charge >= 0.3 is 0 Å². The standard InChI is InChI=1S/C15H21N5OS/c1-4-19(5-2)14(21)10-11-22-15-16-17-18-20(15)13-8-6-12(3)7-9-13/h6-9H,4-5,10-11H2,1-3H3. The van der Waals surface area contributed by atoms with E-state index in [4.69, 9.17) is 0 Å². The number of aromatic nitrogens is 4. The number of hydrogen-bond acceptors (Lipinski definition) is 5. The number of nitrogens with zero attached hydrogens (tertiary/aromatic N) is 5. The molecule has 1 heterocycles. The lowest BCUT2D eigenvalue weighted by Crippen LogP contribution is -2.30. The molecule has 6 nitrogen and oxygen atoms in total. The number of carbonyl (C=O) groups excluding carboxylic acids is 1. The van der Waals surface area contributed by atoms with E-state index in [2.05, 4.69) is 15.5 Å². The predicted molar refractivity (Wildman–Crippen MR) is 87.2 cm³/mol. The Morgan fingerprint density at radius 3 is 2.55 bits per heavy atom. The first kappa shape index (κ1) is 16.5. The summed E-state index contributed by atoms with van der Waals surface area (Å²) < 4.78 is 1.70. The van der Waals surface area contributed by atoms with E-state index in [1.54, 1.807) is 4.68 Å². The highest BCUT2D eigenvalue weighted by Crippen LogP contribution is 2.19. The Morgan fingerprint density at radius 1 is 1.23 bits per heavy atom. The van der Waals surface area contributed by atoms with Gasteiger partial charge in [-0.3, -0.25) is 4.79 Å². The van der Waals surface area contributed by atoms with Crippen LogP contribution in [0, 0.1) is 6.92 Å². The summed E-state index contributed by atoms with van der Waals surface area (Å²) in [4.78, 5) is 13.8. The molecule has 1 aromatic carbocycles. The zero-order valence-electron chi connectivity index (χ0n) is 13.2. The van der Waals surface area contributed by atoms with Crippen LogP contribution in [0.1, 0.15) is 25.8 Å². The van der Waals surface area contributed by atoms with Gasteiger partial charge in [0.05, 0.1) is 5.69 Å². The molecule has 0 fully saturated rings. The summed E-state index contributed by atoms with van der Waals surface area (Å²) in [6.07, 6.45) is 0.493. The van der Waals surface area contributed by atoms with Gasteiger partial charge in [-0.15, -0.1) is 5.10 Å². The third-order valence-corrected chi connectivity index (χ3v) is 4.30. The molecule has 118 valence electrons. The lowest BCUT2D eigenvalue weighted by atomic mass is 10.2. The quantitative estimate of drug-likeness (QED) is 0.733. The second kappa shape index (κ2) is 7.93. The van der Waals surface area contributed by atoms with Gasteiger partial charge in [0.15, 0.2) is 0 Å². The van der Waals surface area contributed by atoms with Crippen LogP contribution in [-0.2, 0) is 4.79 Å². The number of amides is 1. The highest BCUT2D eigenvalue weighted by molar-refractivity contribution is 7.99. The van der Waals surface area contributed by atoms with Gasteiger partial charge in [-0.1, -0.05) is 29.5 Å². The highest BCUT2D eigenvalue weighted by atomic mass is 32.2. The number of rotatable bonds is 7. The molecule has 0 unspecified atom stereocenters. The minimum atomic E-state index is 0.173. The van der Waals surface area contributed by atoms with Crippen LogP contribution in [0.25, 0.3) is 5.69 Å². The van der Waals surface area contributed by atoms with Gasteiger partial charge in [0, 0.05) is 25.3 Å². The highest BCUT2D eigenvalue weighted by Gasteiger charge is 2.12.